The van der Waals surface area contributed by atoms with E-state index in [1.54, 1.807) is 6.08 Å². The Hall–Kier alpha value is -2.52. The fourth-order valence-corrected chi connectivity index (χ4v) is 2.72. The zero-order valence-electron chi connectivity index (χ0n) is 16.5. The molecule has 142 valence electrons. The molecule has 1 atom stereocenters. The zero-order chi connectivity index (χ0) is 19.5. The van der Waals surface area contributed by atoms with Crippen LogP contribution in [0.15, 0.2) is 94.7 Å². The van der Waals surface area contributed by atoms with E-state index in [0.717, 1.165) is 29.1 Å². The third kappa shape index (κ3) is 7.32. The van der Waals surface area contributed by atoms with Gasteiger partial charge in [0.2, 0.25) is 0 Å². The third-order valence-electron chi connectivity index (χ3n) is 4.34. The molecule has 1 aromatic carbocycles. The molecule has 0 aromatic heterocycles. The molecule has 1 aromatic rings. The van der Waals surface area contributed by atoms with E-state index in [1.165, 1.54) is 5.56 Å². The molecule has 0 radical (unpaired) electrons. The van der Waals surface area contributed by atoms with Gasteiger partial charge in [-0.05, 0) is 43.6 Å². The first-order valence-electron chi connectivity index (χ1n) is 9.42. The first-order valence-corrected chi connectivity index (χ1v) is 9.42. The van der Waals surface area contributed by atoms with Crippen molar-refractivity contribution in [2.24, 2.45) is 4.99 Å². The molecule has 0 amide bonds. The van der Waals surface area contributed by atoms with E-state index in [-0.39, 0.29) is 0 Å². The number of hydrogen-bond donors (Lipinski definition) is 1. The Balaban J connectivity index is 2.15. The smallest absolute Gasteiger partial charge is 0.122 e. The summed E-state index contributed by atoms with van der Waals surface area (Å²) in [7, 11) is 0. The SMILES string of the molecule is C\C=C/C=C\C(C)=C(/CNCc1ccccc1)N=C(C)C1=CCC(F)C=C1. The van der Waals surface area contributed by atoms with Crippen molar-refractivity contribution in [3.63, 3.8) is 0 Å². The van der Waals surface area contributed by atoms with E-state index in [1.807, 2.05) is 62.4 Å². The van der Waals surface area contributed by atoms with Crippen molar-refractivity contribution >= 4 is 5.71 Å². The van der Waals surface area contributed by atoms with Crippen molar-refractivity contribution in [3.8, 4) is 0 Å². The average Bonchev–Trinajstić information content (AvgIpc) is 2.68. The Bertz CT molecular complexity index is 780. The van der Waals surface area contributed by atoms with Crippen molar-refractivity contribution in [3.05, 3.63) is 95.3 Å². The number of benzene rings is 1. The minimum atomic E-state index is -0.880. The Morgan fingerprint density at radius 3 is 2.67 bits per heavy atom. The molecule has 1 N–H and O–H groups in total. The van der Waals surface area contributed by atoms with Gasteiger partial charge in [0.15, 0.2) is 0 Å². The highest BCUT2D eigenvalue weighted by molar-refractivity contribution is 6.01. The molecule has 1 aliphatic rings. The second-order valence-electron chi connectivity index (χ2n) is 6.57. The lowest BCUT2D eigenvalue weighted by molar-refractivity contribution is 0.401. The predicted molar refractivity (Wildman–Crippen MR) is 115 cm³/mol. The molecule has 0 spiro atoms. The van der Waals surface area contributed by atoms with Crippen LogP contribution in [0.1, 0.15) is 32.8 Å². The molecule has 1 unspecified atom stereocenters. The van der Waals surface area contributed by atoms with Crippen LogP contribution in [0.3, 0.4) is 0 Å². The van der Waals surface area contributed by atoms with Gasteiger partial charge >= 0.3 is 0 Å². The molecule has 2 rings (SSSR count). The van der Waals surface area contributed by atoms with E-state index in [4.69, 9.17) is 4.99 Å². The van der Waals surface area contributed by atoms with E-state index >= 15 is 0 Å². The van der Waals surface area contributed by atoms with Crippen LogP contribution in [0.5, 0.6) is 0 Å². The Morgan fingerprint density at radius 1 is 1.22 bits per heavy atom. The number of nitrogens with zero attached hydrogens (tertiary/aromatic N) is 1. The van der Waals surface area contributed by atoms with Gasteiger partial charge in [0, 0.05) is 25.2 Å². The van der Waals surface area contributed by atoms with E-state index in [0.29, 0.717) is 13.0 Å². The van der Waals surface area contributed by atoms with Gasteiger partial charge in [0.05, 0.1) is 5.70 Å². The monoisotopic (exact) mass is 364 g/mol. The van der Waals surface area contributed by atoms with Gasteiger partial charge in [-0.15, -0.1) is 0 Å². The van der Waals surface area contributed by atoms with E-state index in [2.05, 4.69) is 30.4 Å². The van der Waals surface area contributed by atoms with Gasteiger partial charge in [-0.1, -0.05) is 66.8 Å². The van der Waals surface area contributed by atoms with Crippen LogP contribution < -0.4 is 5.32 Å². The predicted octanol–water partition coefficient (Wildman–Crippen LogP) is 5.87. The summed E-state index contributed by atoms with van der Waals surface area (Å²) in [5, 5.41) is 3.47. The first-order chi connectivity index (χ1) is 13.1. The third-order valence-corrected chi connectivity index (χ3v) is 4.34. The van der Waals surface area contributed by atoms with Crippen LogP contribution in [-0.4, -0.2) is 18.4 Å². The lowest BCUT2D eigenvalue weighted by atomic mass is 10.0. The normalized spacial score (nSPS) is 18.9. The highest BCUT2D eigenvalue weighted by Crippen LogP contribution is 2.17. The summed E-state index contributed by atoms with van der Waals surface area (Å²) in [4.78, 5) is 4.85. The molecule has 0 saturated heterocycles. The van der Waals surface area contributed by atoms with E-state index in [9.17, 15) is 4.39 Å². The van der Waals surface area contributed by atoms with Gasteiger partial charge < -0.3 is 5.32 Å². The number of hydrogen-bond acceptors (Lipinski definition) is 2. The maximum Gasteiger partial charge on any atom is 0.122 e. The minimum absolute atomic E-state index is 0.421. The molecule has 3 heteroatoms. The number of aliphatic imine (C=N–C) groups is 1. The summed E-state index contributed by atoms with van der Waals surface area (Å²) in [5.41, 5.74) is 5.24. The Morgan fingerprint density at radius 2 is 2.00 bits per heavy atom. The average molecular weight is 365 g/mol. The van der Waals surface area contributed by atoms with Crippen LogP contribution in [0.4, 0.5) is 4.39 Å². The standard InChI is InChI=1S/C24H29FN2/c1-4-5-7-10-19(2)24(18-26-17-21-11-8-6-9-12-21)27-20(3)22-13-15-23(25)16-14-22/h4-15,23,26H,16-18H2,1-3H3/b5-4-,10-7-,24-19+,27-20?. The number of halogens is 1. The van der Waals surface area contributed by atoms with Crippen molar-refractivity contribution in [1.29, 1.82) is 0 Å². The van der Waals surface area contributed by atoms with Crippen molar-refractivity contribution in [2.75, 3.05) is 6.54 Å². The molecule has 0 fully saturated rings. The molecule has 2 nitrogen and oxygen atoms in total. The van der Waals surface area contributed by atoms with Crippen molar-refractivity contribution in [1.82, 2.24) is 5.32 Å². The number of nitrogens with one attached hydrogen (secondary N) is 1. The molecular weight excluding hydrogens is 335 g/mol. The summed E-state index contributed by atoms with van der Waals surface area (Å²) < 4.78 is 13.3. The van der Waals surface area contributed by atoms with Gasteiger partial charge in [-0.3, -0.25) is 4.99 Å². The van der Waals surface area contributed by atoms with Gasteiger partial charge in [0.25, 0.3) is 0 Å². The summed E-state index contributed by atoms with van der Waals surface area (Å²) >= 11 is 0. The van der Waals surface area contributed by atoms with Crippen LogP contribution in [0.25, 0.3) is 0 Å². The maximum absolute atomic E-state index is 13.3. The number of rotatable bonds is 8. The van der Waals surface area contributed by atoms with E-state index < -0.39 is 6.17 Å². The molecule has 27 heavy (non-hydrogen) atoms. The minimum Gasteiger partial charge on any atom is -0.307 e. The quantitative estimate of drug-likeness (QED) is 0.453. The molecule has 0 heterocycles. The molecular formula is C24H29FN2. The van der Waals surface area contributed by atoms with Crippen molar-refractivity contribution < 1.29 is 4.39 Å². The zero-order valence-corrected chi connectivity index (χ0v) is 16.5. The lowest BCUT2D eigenvalue weighted by Gasteiger charge is -2.12. The van der Waals surface area contributed by atoms with Crippen LogP contribution >= 0.6 is 0 Å². The van der Waals surface area contributed by atoms with Gasteiger partial charge in [-0.2, -0.15) is 0 Å². The maximum atomic E-state index is 13.3. The molecule has 0 saturated carbocycles. The topological polar surface area (TPSA) is 24.4 Å². The fraction of sp³-hybridized carbons (Fsp3) is 0.292. The molecule has 0 bridgehead atoms. The second-order valence-corrected chi connectivity index (χ2v) is 6.57. The summed E-state index contributed by atoms with van der Waals surface area (Å²) in [6, 6.07) is 10.3. The van der Waals surface area contributed by atoms with Gasteiger partial charge in [-0.25, -0.2) is 4.39 Å². The Kier molecular flexibility index (Phi) is 8.66. The van der Waals surface area contributed by atoms with Crippen LogP contribution in [0.2, 0.25) is 0 Å². The fourth-order valence-electron chi connectivity index (χ4n) is 2.72. The molecule has 0 aliphatic heterocycles. The first kappa shape index (κ1) is 20.8. The van der Waals surface area contributed by atoms with Crippen molar-refractivity contribution in [2.45, 2.75) is 39.9 Å². The van der Waals surface area contributed by atoms with Gasteiger partial charge in [0.1, 0.15) is 6.17 Å². The highest BCUT2D eigenvalue weighted by atomic mass is 19.1. The lowest BCUT2D eigenvalue weighted by Crippen LogP contribution is -2.17. The van der Waals surface area contributed by atoms with Crippen LogP contribution in [0, 0.1) is 0 Å². The summed E-state index contributed by atoms with van der Waals surface area (Å²) in [6.07, 6.45) is 13.0. The number of allylic oxidation sites excluding steroid dienone is 9. The largest absolute Gasteiger partial charge is 0.307 e. The molecule has 1 aliphatic carbocycles. The Labute approximate surface area is 162 Å². The highest BCUT2D eigenvalue weighted by Gasteiger charge is 2.09. The summed E-state index contributed by atoms with van der Waals surface area (Å²) in [5.74, 6) is 0. The summed E-state index contributed by atoms with van der Waals surface area (Å²) in [6.45, 7) is 7.50. The van der Waals surface area contributed by atoms with Crippen LogP contribution in [-0.2, 0) is 6.54 Å². The number of alkyl halides is 1. The second kappa shape index (κ2) is 11.2.